The number of carbonyl (C=O) groups is 1. The molecule has 2 aliphatic rings. The number of hydrogen-bond donors (Lipinski definition) is 0. The predicted octanol–water partition coefficient (Wildman–Crippen LogP) is 4.31. The van der Waals surface area contributed by atoms with Crippen LogP contribution in [-0.4, -0.2) is 29.0 Å². The van der Waals surface area contributed by atoms with E-state index in [2.05, 4.69) is 4.74 Å². The lowest BCUT2D eigenvalue weighted by Gasteiger charge is -2.20. The Morgan fingerprint density at radius 3 is 2.76 bits per heavy atom. The Bertz CT molecular complexity index is 440. The van der Waals surface area contributed by atoms with E-state index in [0.29, 0.717) is 12.0 Å². The van der Waals surface area contributed by atoms with Gasteiger partial charge in [-0.25, -0.2) is 4.79 Å². The lowest BCUT2D eigenvalue weighted by molar-refractivity contribution is -0.134. The largest absolute Gasteiger partial charge is 0.466 e. The van der Waals surface area contributed by atoms with Crippen LogP contribution in [0.15, 0.2) is 16.5 Å². The van der Waals surface area contributed by atoms with Gasteiger partial charge in [-0.1, -0.05) is 43.2 Å². The van der Waals surface area contributed by atoms with Gasteiger partial charge in [0.15, 0.2) is 0 Å². The predicted molar refractivity (Wildman–Crippen MR) is 93.0 cm³/mol. The zero-order valence-electron chi connectivity index (χ0n) is 12.5. The Kier molecular flexibility index (Phi) is 6.90. The van der Waals surface area contributed by atoms with Crippen molar-refractivity contribution in [3.63, 3.8) is 0 Å². The van der Waals surface area contributed by atoms with Crippen LogP contribution in [0.4, 0.5) is 0 Å². The number of thioether (sulfide) groups is 1. The third kappa shape index (κ3) is 5.22. The molecule has 5 heteroatoms. The van der Waals surface area contributed by atoms with Crippen LogP contribution in [-0.2, 0) is 9.53 Å². The summed E-state index contributed by atoms with van der Waals surface area (Å²) in [5.74, 6) is -0.0259. The van der Waals surface area contributed by atoms with Crippen molar-refractivity contribution in [2.75, 3.05) is 7.11 Å². The molecule has 0 saturated heterocycles. The van der Waals surface area contributed by atoms with E-state index < -0.39 is 0 Å². The maximum absolute atomic E-state index is 11.1. The Morgan fingerprint density at radius 2 is 2.05 bits per heavy atom. The molecule has 2 aliphatic carbocycles. The molecule has 0 aromatic heterocycles. The molecule has 0 N–H and O–H groups in total. The van der Waals surface area contributed by atoms with Crippen molar-refractivity contribution < 1.29 is 9.53 Å². The first-order chi connectivity index (χ1) is 10.2. The highest BCUT2D eigenvalue weighted by atomic mass is 32.2. The van der Waals surface area contributed by atoms with Crippen molar-refractivity contribution in [1.29, 1.82) is 0 Å². The van der Waals surface area contributed by atoms with E-state index in [1.807, 2.05) is 0 Å². The first-order valence-corrected chi connectivity index (χ1v) is 9.01. The highest BCUT2D eigenvalue weighted by Gasteiger charge is 2.27. The second-order valence-corrected chi connectivity index (χ2v) is 7.27. The molecule has 2 fully saturated rings. The number of nitrogens with zero attached hydrogens (tertiary/aromatic N) is 1. The van der Waals surface area contributed by atoms with Crippen LogP contribution in [0.3, 0.4) is 0 Å². The molecule has 1 unspecified atom stereocenters. The van der Waals surface area contributed by atoms with Gasteiger partial charge in [0.05, 0.1) is 11.3 Å². The van der Waals surface area contributed by atoms with Crippen molar-refractivity contribution >= 4 is 39.9 Å². The summed E-state index contributed by atoms with van der Waals surface area (Å²) in [7, 11) is 1.38. The second kappa shape index (κ2) is 8.69. The minimum absolute atomic E-state index is 0.314. The standard InChI is InChI=1S/C16H23NO2S2/c1-19-15(18)10-11-21-16(20)13-8-5-9-14(13)17-12-6-3-2-4-7-12/h10-13H,2-9H2,1H3/b11-10-,17-14?. The topological polar surface area (TPSA) is 38.7 Å². The molecule has 116 valence electrons. The number of ether oxygens (including phenoxy) is 1. The van der Waals surface area contributed by atoms with Crippen molar-refractivity contribution in [2.24, 2.45) is 10.9 Å². The molecule has 0 amide bonds. The Labute approximate surface area is 136 Å². The van der Waals surface area contributed by atoms with Crippen LogP contribution in [0.5, 0.6) is 0 Å². The molecule has 0 aromatic rings. The maximum Gasteiger partial charge on any atom is 0.330 e. The SMILES string of the molecule is COC(=O)/C=C\SC(=S)C1CCCC1=NC1CCCCC1. The van der Waals surface area contributed by atoms with E-state index >= 15 is 0 Å². The first-order valence-electron chi connectivity index (χ1n) is 7.72. The zero-order chi connectivity index (χ0) is 15.1. The quantitative estimate of drug-likeness (QED) is 0.439. The van der Waals surface area contributed by atoms with E-state index in [-0.39, 0.29) is 5.97 Å². The molecule has 2 rings (SSSR count). The monoisotopic (exact) mass is 325 g/mol. The Morgan fingerprint density at radius 1 is 1.29 bits per heavy atom. The third-order valence-corrected chi connectivity index (χ3v) is 5.49. The number of thiocarbonyl (C=S) groups is 1. The summed E-state index contributed by atoms with van der Waals surface area (Å²) in [5, 5.41) is 1.73. The van der Waals surface area contributed by atoms with E-state index in [1.54, 1.807) is 5.41 Å². The number of carbonyl (C=O) groups excluding carboxylic acids is 1. The summed E-state index contributed by atoms with van der Waals surface area (Å²) in [5.41, 5.74) is 1.30. The molecule has 1 atom stereocenters. The van der Waals surface area contributed by atoms with Crippen molar-refractivity contribution in [1.82, 2.24) is 0 Å². The lowest BCUT2D eigenvalue weighted by Crippen LogP contribution is -2.18. The van der Waals surface area contributed by atoms with Crippen LogP contribution in [0.2, 0.25) is 0 Å². The molecule has 2 saturated carbocycles. The van der Waals surface area contributed by atoms with E-state index in [9.17, 15) is 4.79 Å². The molecule has 0 aliphatic heterocycles. The molecule has 0 bridgehead atoms. The third-order valence-electron chi connectivity index (χ3n) is 4.13. The number of methoxy groups -OCH3 is 1. The Balaban J connectivity index is 1.91. The van der Waals surface area contributed by atoms with Crippen LogP contribution in [0.25, 0.3) is 0 Å². The summed E-state index contributed by atoms with van der Waals surface area (Å²) < 4.78 is 5.51. The molecule has 0 spiro atoms. The van der Waals surface area contributed by atoms with E-state index in [1.165, 1.54) is 69.2 Å². The summed E-state index contributed by atoms with van der Waals surface area (Å²) >= 11 is 6.98. The van der Waals surface area contributed by atoms with Gasteiger partial charge in [-0.15, -0.1) is 0 Å². The van der Waals surface area contributed by atoms with Crippen LogP contribution >= 0.6 is 24.0 Å². The molecular weight excluding hydrogens is 302 g/mol. The second-order valence-electron chi connectivity index (χ2n) is 5.62. The molecule has 0 radical (unpaired) electrons. The fraction of sp³-hybridized carbons (Fsp3) is 0.688. The zero-order valence-corrected chi connectivity index (χ0v) is 14.2. The van der Waals surface area contributed by atoms with Gasteiger partial charge in [0, 0.05) is 23.7 Å². The molecule has 3 nitrogen and oxygen atoms in total. The van der Waals surface area contributed by atoms with E-state index in [0.717, 1.165) is 17.0 Å². The van der Waals surface area contributed by atoms with Crippen molar-refractivity contribution in [2.45, 2.75) is 57.4 Å². The van der Waals surface area contributed by atoms with E-state index in [4.69, 9.17) is 17.2 Å². The van der Waals surface area contributed by atoms with Gasteiger partial charge in [0.2, 0.25) is 0 Å². The number of aliphatic imine (C=N–C) groups is 1. The summed E-state index contributed by atoms with van der Waals surface area (Å²) in [4.78, 5) is 16.0. The number of rotatable bonds is 4. The lowest BCUT2D eigenvalue weighted by atomic mass is 9.95. The van der Waals surface area contributed by atoms with Gasteiger partial charge in [0.25, 0.3) is 0 Å². The summed E-state index contributed by atoms with van der Waals surface area (Å²) in [6, 6.07) is 0.521. The molecule has 21 heavy (non-hydrogen) atoms. The average molecular weight is 325 g/mol. The van der Waals surface area contributed by atoms with Gasteiger partial charge in [-0.2, -0.15) is 0 Å². The summed E-state index contributed by atoms with van der Waals surface area (Å²) in [6.45, 7) is 0. The van der Waals surface area contributed by atoms with Gasteiger partial charge in [-0.3, -0.25) is 4.99 Å². The highest BCUT2D eigenvalue weighted by molar-refractivity contribution is 8.25. The van der Waals surface area contributed by atoms with Gasteiger partial charge >= 0.3 is 5.97 Å². The first kappa shape index (κ1) is 16.7. The molecule has 0 heterocycles. The average Bonchev–Trinajstić information content (AvgIpc) is 2.96. The van der Waals surface area contributed by atoms with Gasteiger partial charge in [0.1, 0.15) is 0 Å². The van der Waals surface area contributed by atoms with Crippen molar-refractivity contribution in [3.8, 4) is 0 Å². The summed E-state index contributed by atoms with van der Waals surface area (Å²) in [6.07, 6.45) is 11.2. The van der Waals surface area contributed by atoms with Crippen LogP contribution in [0.1, 0.15) is 51.4 Å². The molecular formula is C16H23NO2S2. The van der Waals surface area contributed by atoms with Crippen LogP contribution in [0, 0.1) is 5.92 Å². The smallest absolute Gasteiger partial charge is 0.330 e. The Hall–Kier alpha value is -0.680. The molecule has 0 aromatic carbocycles. The van der Waals surface area contributed by atoms with Crippen molar-refractivity contribution in [3.05, 3.63) is 11.5 Å². The van der Waals surface area contributed by atoms with Gasteiger partial charge < -0.3 is 4.74 Å². The minimum atomic E-state index is -0.340. The fourth-order valence-corrected chi connectivity index (χ4v) is 4.14. The van der Waals surface area contributed by atoms with Crippen LogP contribution < -0.4 is 0 Å². The highest BCUT2D eigenvalue weighted by Crippen LogP contribution is 2.31. The fourth-order valence-electron chi connectivity index (χ4n) is 2.99. The minimum Gasteiger partial charge on any atom is -0.466 e. The maximum atomic E-state index is 11.1. The number of esters is 1. The van der Waals surface area contributed by atoms with Gasteiger partial charge in [-0.05, 0) is 37.5 Å². The normalized spacial score (nSPS) is 25.6. The number of hydrogen-bond acceptors (Lipinski definition) is 5.